The third kappa shape index (κ3) is 4.08. The van der Waals surface area contributed by atoms with E-state index in [1.165, 1.54) is 19.3 Å². The second kappa shape index (κ2) is 5.86. The number of ether oxygens (including phenoxy) is 1. The Labute approximate surface area is 109 Å². The second-order valence-electron chi connectivity index (χ2n) is 4.18. The van der Waals surface area contributed by atoms with E-state index in [2.05, 4.69) is 9.72 Å². The molecule has 0 aliphatic rings. The van der Waals surface area contributed by atoms with Gasteiger partial charge in [-0.1, -0.05) is 19.9 Å². The summed E-state index contributed by atoms with van der Waals surface area (Å²) in [4.78, 5) is 14.6. The van der Waals surface area contributed by atoms with Crippen LogP contribution in [0.4, 0.5) is 13.2 Å². The van der Waals surface area contributed by atoms with Crippen molar-refractivity contribution in [2.24, 2.45) is 0 Å². The molecule has 0 amide bonds. The third-order valence-electron chi connectivity index (χ3n) is 2.39. The molecule has 1 rings (SSSR count). The Morgan fingerprint density at radius 3 is 2.47 bits per heavy atom. The first kappa shape index (κ1) is 15.2. The summed E-state index contributed by atoms with van der Waals surface area (Å²) in [5.74, 6) is -0.769. The van der Waals surface area contributed by atoms with Crippen LogP contribution in [0.15, 0.2) is 18.2 Å². The third-order valence-corrected chi connectivity index (χ3v) is 2.39. The van der Waals surface area contributed by atoms with E-state index in [1.54, 1.807) is 13.8 Å². The van der Waals surface area contributed by atoms with E-state index in [9.17, 15) is 18.0 Å². The molecule has 0 atom stereocenters. The molecular formula is C13H14F3NO2. The van der Waals surface area contributed by atoms with E-state index in [0.29, 0.717) is 5.56 Å². The van der Waals surface area contributed by atoms with Gasteiger partial charge in [0.25, 0.3) is 0 Å². The van der Waals surface area contributed by atoms with Gasteiger partial charge in [0.15, 0.2) is 0 Å². The molecule has 0 bridgehead atoms. The highest BCUT2D eigenvalue weighted by Gasteiger charge is 2.33. The summed E-state index contributed by atoms with van der Waals surface area (Å²) in [6.45, 7) is 3.47. The minimum absolute atomic E-state index is 0.195. The molecule has 0 saturated carbocycles. The van der Waals surface area contributed by atoms with Crippen LogP contribution >= 0.6 is 0 Å². The number of alkyl halides is 3. The van der Waals surface area contributed by atoms with Gasteiger partial charge in [-0.05, 0) is 23.6 Å². The van der Waals surface area contributed by atoms with Crippen molar-refractivity contribution in [2.75, 3.05) is 7.11 Å². The smallest absolute Gasteiger partial charge is 0.433 e. The van der Waals surface area contributed by atoms with Gasteiger partial charge in [0.2, 0.25) is 0 Å². The Morgan fingerprint density at radius 1 is 1.37 bits per heavy atom. The summed E-state index contributed by atoms with van der Waals surface area (Å²) in [7, 11) is 1.22. The number of carbonyl (C=O) groups excluding carboxylic acids is 1. The highest BCUT2D eigenvalue weighted by Crippen LogP contribution is 2.30. The van der Waals surface area contributed by atoms with Crippen LogP contribution in [0.3, 0.4) is 0 Å². The molecule has 19 heavy (non-hydrogen) atoms. The average molecular weight is 273 g/mol. The fraction of sp³-hybridized carbons (Fsp3) is 0.385. The predicted octanol–water partition coefficient (Wildman–Crippen LogP) is 3.41. The van der Waals surface area contributed by atoms with Crippen LogP contribution < -0.4 is 0 Å². The molecule has 6 heteroatoms. The second-order valence-corrected chi connectivity index (χ2v) is 4.18. The van der Waals surface area contributed by atoms with E-state index in [-0.39, 0.29) is 11.6 Å². The van der Waals surface area contributed by atoms with Gasteiger partial charge in [0.1, 0.15) is 5.69 Å². The quantitative estimate of drug-likeness (QED) is 0.625. The largest absolute Gasteiger partial charge is 0.466 e. The van der Waals surface area contributed by atoms with Crippen LogP contribution in [-0.2, 0) is 15.7 Å². The first-order valence-corrected chi connectivity index (χ1v) is 5.60. The molecule has 1 aromatic rings. The molecule has 0 fully saturated rings. The van der Waals surface area contributed by atoms with Crippen LogP contribution in [0.5, 0.6) is 0 Å². The first-order chi connectivity index (χ1) is 8.75. The van der Waals surface area contributed by atoms with E-state index in [0.717, 1.165) is 12.1 Å². The maximum Gasteiger partial charge on any atom is 0.433 e. The van der Waals surface area contributed by atoms with Crippen molar-refractivity contribution in [1.82, 2.24) is 4.98 Å². The van der Waals surface area contributed by atoms with Gasteiger partial charge in [0.05, 0.1) is 12.8 Å². The van der Waals surface area contributed by atoms with Crippen molar-refractivity contribution >= 4 is 12.0 Å². The standard InChI is InChI=1S/C13H14F3NO2/c1-8(2)12-9(5-7-11(18)19-3)4-6-10(17-12)13(14,15)16/h4-8H,1-3H3. The molecule has 0 aromatic carbocycles. The van der Waals surface area contributed by atoms with Crippen molar-refractivity contribution < 1.29 is 22.7 Å². The summed E-state index contributed by atoms with van der Waals surface area (Å²) in [5, 5.41) is 0. The van der Waals surface area contributed by atoms with E-state index in [4.69, 9.17) is 0 Å². The van der Waals surface area contributed by atoms with Crippen molar-refractivity contribution in [3.8, 4) is 0 Å². The highest BCUT2D eigenvalue weighted by atomic mass is 19.4. The van der Waals surface area contributed by atoms with Gasteiger partial charge >= 0.3 is 12.1 Å². The Hall–Kier alpha value is -1.85. The normalized spacial score (nSPS) is 12.2. The number of pyridine rings is 1. The molecule has 0 radical (unpaired) electrons. The fourth-order valence-corrected chi connectivity index (χ4v) is 1.47. The van der Waals surface area contributed by atoms with Crippen molar-refractivity contribution in [3.05, 3.63) is 35.2 Å². The number of rotatable bonds is 3. The van der Waals surface area contributed by atoms with E-state index >= 15 is 0 Å². The van der Waals surface area contributed by atoms with Gasteiger partial charge < -0.3 is 4.74 Å². The number of nitrogens with zero attached hydrogens (tertiary/aromatic N) is 1. The van der Waals surface area contributed by atoms with Crippen LogP contribution in [0.25, 0.3) is 6.08 Å². The maximum absolute atomic E-state index is 12.6. The first-order valence-electron chi connectivity index (χ1n) is 5.60. The summed E-state index contributed by atoms with van der Waals surface area (Å²) < 4.78 is 42.2. The van der Waals surface area contributed by atoms with Gasteiger partial charge in [0, 0.05) is 6.08 Å². The molecule has 3 nitrogen and oxygen atoms in total. The Kier molecular flexibility index (Phi) is 4.69. The van der Waals surface area contributed by atoms with Crippen LogP contribution in [0.1, 0.15) is 36.7 Å². The minimum Gasteiger partial charge on any atom is -0.466 e. The van der Waals surface area contributed by atoms with Gasteiger partial charge in [-0.25, -0.2) is 9.78 Å². The summed E-state index contributed by atoms with van der Waals surface area (Å²) >= 11 is 0. The summed E-state index contributed by atoms with van der Waals surface area (Å²) in [5.41, 5.74) is -0.185. The zero-order valence-corrected chi connectivity index (χ0v) is 10.8. The zero-order valence-electron chi connectivity index (χ0n) is 10.8. The molecule has 0 N–H and O–H groups in total. The molecular weight excluding hydrogens is 259 g/mol. The molecule has 0 aliphatic heterocycles. The molecule has 104 valence electrons. The van der Waals surface area contributed by atoms with Gasteiger partial charge in [-0.2, -0.15) is 13.2 Å². The molecule has 0 unspecified atom stereocenters. The fourth-order valence-electron chi connectivity index (χ4n) is 1.47. The molecule has 0 saturated heterocycles. The molecule has 0 aliphatic carbocycles. The van der Waals surface area contributed by atoms with E-state index in [1.807, 2.05) is 0 Å². The molecule has 1 aromatic heterocycles. The predicted molar refractivity (Wildman–Crippen MR) is 64.4 cm³/mol. The summed E-state index contributed by atoms with van der Waals surface area (Å²) in [6, 6.07) is 2.19. The Morgan fingerprint density at radius 2 is 2.00 bits per heavy atom. The number of hydrogen-bond donors (Lipinski definition) is 0. The number of halogens is 3. The average Bonchev–Trinajstić information content (AvgIpc) is 2.34. The topological polar surface area (TPSA) is 39.2 Å². The number of esters is 1. The molecule has 0 spiro atoms. The Balaban J connectivity index is 3.19. The molecule has 1 heterocycles. The SMILES string of the molecule is COC(=O)C=Cc1ccc(C(F)(F)F)nc1C(C)C. The maximum atomic E-state index is 12.6. The van der Waals surface area contributed by atoms with E-state index < -0.39 is 17.8 Å². The lowest BCUT2D eigenvalue weighted by Crippen LogP contribution is -2.11. The summed E-state index contributed by atoms with van der Waals surface area (Å²) in [6.07, 6.45) is -1.93. The Bertz CT molecular complexity index is 493. The van der Waals surface area contributed by atoms with Crippen LogP contribution in [0, 0.1) is 0 Å². The van der Waals surface area contributed by atoms with Gasteiger partial charge in [-0.3, -0.25) is 0 Å². The van der Waals surface area contributed by atoms with Crippen molar-refractivity contribution in [2.45, 2.75) is 25.9 Å². The van der Waals surface area contributed by atoms with Crippen molar-refractivity contribution in [3.63, 3.8) is 0 Å². The zero-order chi connectivity index (χ0) is 14.6. The highest BCUT2D eigenvalue weighted by molar-refractivity contribution is 5.87. The van der Waals surface area contributed by atoms with Gasteiger partial charge in [-0.15, -0.1) is 0 Å². The lowest BCUT2D eigenvalue weighted by atomic mass is 10.0. The van der Waals surface area contributed by atoms with Crippen molar-refractivity contribution in [1.29, 1.82) is 0 Å². The lowest BCUT2D eigenvalue weighted by molar-refractivity contribution is -0.141. The lowest BCUT2D eigenvalue weighted by Gasteiger charge is -2.12. The number of hydrogen-bond acceptors (Lipinski definition) is 3. The minimum atomic E-state index is -4.48. The number of carbonyl (C=O) groups is 1. The number of aromatic nitrogens is 1. The van der Waals surface area contributed by atoms with Crippen LogP contribution in [0.2, 0.25) is 0 Å². The van der Waals surface area contributed by atoms with Crippen LogP contribution in [-0.4, -0.2) is 18.1 Å². The number of methoxy groups -OCH3 is 1. The monoisotopic (exact) mass is 273 g/mol.